The van der Waals surface area contributed by atoms with Crippen LogP contribution in [-0.2, 0) is 18.4 Å². The van der Waals surface area contributed by atoms with Gasteiger partial charge in [0.1, 0.15) is 5.75 Å². The van der Waals surface area contributed by atoms with Gasteiger partial charge in [0.05, 0.1) is 18.4 Å². The van der Waals surface area contributed by atoms with Gasteiger partial charge in [-0.05, 0) is 47.7 Å². The maximum atomic E-state index is 12.4. The first kappa shape index (κ1) is 13.4. The Balaban J connectivity index is 1.98. The van der Waals surface area contributed by atoms with Gasteiger partial charge in [-0.2, -0.15) is 5.10 Å². The van der Waals surface area contributed by atoms with Crippen LogP contribution in [-0.4, -0.2) is 21.8 Å². The molecule has 0 saturated heterocycles. The van der Waals surface area contributed by atoms with E-state index in [2.05, 4.69) is 27.7 Å². The first-order valence-corrected chi connectivity index (χ1v) is 7.37. The summed E-state index contributed by atoms with van der Waals surface area (Å²) >= 11 is 2.24. The normalized spacial score (nSPS) is 17.9. The summed E-state index contributed by atoms with van der Waals surface area (Å²) in [7, 11) is 1.86. The lowest BCUT2D eigenvalue weighted by atomic mass is 10.1. The molecule has 0 fully saturated rings. The highest BCUT2D eigenvalue weighted by Gasteiger charge is 2.31. The van der Waals surface area contributed by atoms with E-state index in [1.807, 2.05) is 31.4 Å². The van der Waals surface area contributed by atoms with Crippen molar-refractivity contribution < 1.29 is 9.53 Å². The lowest BCUT2D eigenvalue weighted by molar-refractivity contribution is -0.125. The number of aryl methyl sites for hydroxylation is 1. The maximum absolute atomic E-state index is 12.4. The second-order valence-electron chi connectivity index (χ2n) is 4.82. The molecule has 1 aromatic heterocycles. The second-order valence-corrected chi connectivity index (χ2v) is 6.06. The third kappa shape index (κ3) is 2.39. The molecule has 1 atom stereocenters. The molecule has 3 rings (SSSR count). The van der Waals surface area contributed by atoms with Gasteiger partial charge in [0.15, 0.2) is 6.10 Å². The number of halogens is 1. The van der Waals surface area contributed by atoms with Crippen LogP contribution < -0.4 is 9.64 Å². The molecule has 104 valence electrons. The molecule has 1 aliphatic rings. The number of amides is 1. The monoisotopic (exact) mass is 383 g/mol. The van der Waals surface area contributed by atoms with Crippen LogP contribution >= 0.6 is 22.6 Å². The molecule has 1 unspecified atom stereocenters. The molecule has 5 nitrogen and oxygen atoms in total. The van der Waals surface area contributed by atoms with Crippen molar-refractivity contribution in [3.63, 3.8) is 0 Å². The van der Waals surface area contributed by atoms with E-state index in [9.17, 15) is 4.79 Å². The minimum Gasteiger partial charge on any atom is -0.479 e. The van der Waals surface area contributed by atoms with Crippen LogP contribution in [0, 0.1) is 3.57 Å². The number of aromatic nitrogens is 2. The molecule has 0 N–H and O–H groups in total. The largest absolute Gasteiger partial charge is 0.479 e. The number of carbonyl (C=O) groups is 1. The topological polar surface area (TPSA) is 47.4 Å². The van der Waals surface area contributed by atoms with Crippen LogP contribution in [0.4, 0.5) is 5.69 Å². The molecule has 0 aliphatic carbocycles. The van der Waals surface area contributed by atoms with Crippen molar-refractivity contribution in [2.75, 3.05) is 4.90 Å². The van der Waals surface area contributed by atoms with E-state index in [4.69, 9.17) is 4.74 Å². The predicted molar refractivity (Wildman–Crippen MR) is 83.6 cm³/mol. The number of ether oxygens (including phenoxy) is 1. The molecule has 1 amide bonds. The number of nitrogens with zero attached hydrogens (tertiary/aromatic N) is 3. The van der Waals surface area contributed by atoms with Crippen molar-refractivity contribution in [3.8, 4) is 5.75 Å². The average molecular weight is 383 g/mol. The third-order valence-corrected chi connectivity index (χ3v) is 3.90. The van der Waals surface area contributed by atoms with Crippen molar-refractivity contribution in [3.05, 3.63) is 39.7 Å². The molecule has 6 heteroatoms. The Labute approximate surface area is 130 Å². The van der Waals surface area contributed by atoms with E-state index >= 15 is 0 Å². The molecule has 1 aliphatic heterocycles. The van der Waals surface area contributed by atoms with E-state index in [1.165, 1.54) is 0 Å². The molecule has 0 bridgehead atoms. The molecule has 2 aromatic rings. The van der Waals surface area contributed by atoms with Gasteiger partial charge < -0.3 is 9.64 Å². The predicted octanol–water partition coefficient (Wildman–Crippen LogP) is 2.34. The lowest BCUT2D eigenvalue weighted by Gasteiger charge is -2.32. The van der Waals surface area contributed by atoms with E-state index in [0.717, 1.165) is 20.6 Å². The smallest absolute Gasteiger partial charge is 0.268 e. The Morgan fingerprint density at radius 1 is 1.45 bits per heavy atom. The van der Waals surface area contributed by atoms with Crippen LogP contribution in [0.15, 0.2) is 30.6 Å². The number of hydrogen-bond donors (Lipinski definition) is 0. The first-order valence-electron chi connectivity index (χ1n) is 6.29. The van der Waals surface area contributed by atoms with Gasteiger partial charge in [-0.1, -0.05) is 0 Å². The van der Waals surface area contributed by atoms with Crippen molar-refractivity contribution >= 4 is 34.2 Å². The number of fused-ring (bicyclic) bond motifs is 1. The number of benzene rings is 1. The molecule has 0 radical (unpaired) electrons. The minimum absolute atomic E-state index is 0.0254. The fourth-order valence-electron chi connectivity index (χ4n) is 2.28. The Morgan fingerprint density at radius 2 is 2.25 bits per heavy atom. The summed E-state index contributed by atoms with van der Waals surface area (Å²) in [6, 6.07) is 5.86. The summed E-state index contributed by atoms with van der Waals surface area (Å²) < 4.78 is 8.50. The number of carbonyl (C=O) groups excluding carboxylic acids is 1. The summed E-state index contributed by atoms with van der Waals surface area (Å²) in [5, 5.41) is 4.14. The van der Waals surface area contributed by atoms with Crippen molar-refractivity contribution in [2.45, 2.75) is 19.6 Å². The molecule has 2 heterocycles. The van der Waals surface area contributed by atoms with Crippen LogP contribution in [0.2, 0.25) is 0 Å². The molecule has 0 spiro atoms. The third-order valence-electron chi connectivity index (χ3n) is 3.23. The second kappa shape index (κ2) is 5.08. The zero-order valence-electron chi connectivity index (χ0n) is 11.2. The van der Waals surface area contributed by atoms with Gasteiger partial charge >= 0.3 is 0 Å². The van der Waals surface area contributed by atoms with Crippen molar-refractivity contribution in [1.82, 2.24) is 9.78 Å². The Morgan fingerprint density at radius 3 is 2.95 bits per heavy atom. The van der Waals surface area contributed by atoms with Gasteiger partial charge in [-0.3, -0.25) is 9.48 Å². The zero-order chi connectivity index (χ0) is 14.3. The van der Waals surface area contributed by atoms with E-state index in [-0.39, 0.29) is 5.91 Å². The molecule has 20 heavy (non-hydrogen) atoms. The highest BCUT2D eigenvalue weighted by atomic mass is 127. The van der Waals surface area contributed by atoms with Crippen LogP contribution in [0.25, 0.3) is 0 Å². The number of rotatable bonds is 2. The van der Waals surface area contributed by atoms with Gasteiger partial charge in [0.2, 0.25) is 0 Å². The van der Waals surface area contributed by atoms with E-state index < -0.39 is 6.10 Å². The lowest BCUT2D eigenvalue weighted by Crippen LogP contribution is -2.43. The molecular formula is C14H14IN3O2. The van der Waals surface area contributed by atoms with Gasteiger partial charge in [-0.25, -0.2) is 0 Å². The highest BCUT2D eigenvalue weighted by molar-refractivity contribution is 14.1. The van der Waals surface area contributed by atoms with Crippen molar-refractivity contribution in [1.29, 1.82) is 0 Å². The van der Waals surface area contributed by atoms with Crippen LogP contribution in [0.5, 0.6) is 5.75 Å². The average Bonchev–Trinajstić information content (AvgIpc) is 2.80. The fraction of sp³-hybridized carbons (Fsp3) is 0.286. The first-order chi connectivity index (χ1) is 9.54. The quantitative estimate of drug-likeness (QED) is 0.749. The van der Waals surface area contributed by atoms with Crippen LogP contribution in [0.3, 0.4) is 0 Å². The number of hydrogen-bond acceptors (Lipinski definition) is 3. The SMILES string of the molecule is CC1Oc2cc(I)ccc2N(Cc2cnn(C)c2)C1=O. The van der Waals surface area contributed by atoms with Gasteiger partial charge in [-0.15, -0.1) is 0 Å². The molecule has 0 saturated carbocycles. The van der Waals surface area contributed by atoms with E-state index in [1.54, 1.807) is 22.7 Å². The highest BCUT2D eigenvalue weighted by Crippen LogP contribution is 2.36. The summed E-state index contributed by atoms with van der Waals surface area (Å²) in [5.74, 6) is 0.732. The summed E-state index contributed by atoms with van der Waals surface area (Å²) in [5.41, 5.74) is 1.82. The van der Waals surface area contributed by atoms with Crippen molar-refractivity contribution in [2.24, 2.45) is 7.05 Å². The zero-order valence-corrected chi connectivity index (χ0v) is 13.4. The summed E-state index contributed by atoms with van der Waals surface area (Å²) in [6.45, 7) is 2.29. The summed E-state index contributed by atoms with van der Waals surface area (Å²) in [6.07, 6.45) is 3.23. The Bertz CT molecular complexity index is 668. The van der Waals surface area contributed by atoms with Gasteiger partial charge in [0, 0.05) is 22.4 Å². The Hall–Kier alpha value is -1.57. The Kier molecular flexibility index (Phi) is 3.41. The maximum Gasteiger partial charge on any atom is 0.268 e. The minimum atomic E-state index is -0.461. The van der Waals surface area contributed by atoms with Crippen LogP contribution in [0.1, 0.15) is 12.5 Å². The standard InChI is InChI=1S/C14H14IN3O2/c1-9-14(19)18(8-10-6-16-17(2)7-10)12-4-3-11(15)5-13(12)20-9/h3-7,9H,8H2,1-2H3. The van der Waals surface area contributed by atoms with E-state index in [0.29, 0.717) is 6.54 Å². The summed E-state index contributed by atoms with van der Waals surface area (Å²) in [4.78, 5) is 14.1. The molecular weight excluding hydrogens is 369 g/mol. The van der Waals surface area contributed by atoms with Gasteiger partial charge in [0.25, 0.3) is 5.91 Å². The number of anilines is 1. The molecule has 1 aromatic carbocycles. The fourth-order valence-corrected chi connectivity index (χ4v) is 2.75.